The Hall–Kier alpha value is -1.78. The molecule has 0 aliphatic heterocycles. The second-order valence-electron chi connectivity index (χ2n) is 8.98. The largest absolute Gasteiger partial charge is 0.490 e. The van der Waals surface area contributed by atoms with E-state index in [4.69, 9.17) is 9.47 Å². The van der Waals surface area contributed by atoms with Crippen LogP contribution < -0.4 is 9.47 Å². The molecular weight excluding hydrogens is 364 g/mol. The van der Waals surface area contributed by atoms with Crippen molar-refractivity contribution in [2.75, 3.05) is 13.2 Å². The zero-order chi connectivity index (χ0) is 20.7. The number of hydrogen-bond donors (Lipinski definition) is 2. The molecule has 0 heterocycles. The van der Waals surface area contributed by atoms with Gasteiger partial charge in [-0.2, -0.15) is 0 Å². The lowest BCUT2D eigenvalue weighted by atomic mass is 9.81. The number of fused-ring (bicyclic) bond motifs is 6. The average Bonchev–Trinajstić information content (AvgIpc) is 3.27. The molecule has 0 saturated heterocycles. The van der Waals surface area contributed by atoms with Crippen molar-refractivity contribution >= 4 is 10.8 Å². The molecule has 1 saturated carbocycles. The summed E-state index contributed by atoms with van der Waals surface area (Å²) in [7, 11) is 0. The van der Waals surface area contributed by atoms with Crippen LogP contribution in [0.25, 0.3) is 10.8 Å². The fraction of sp³-hybridized carbons (Fsp3) is 0.600. The van der Waals surface area contributed by atoms with Crippen molar-refractivity contribution < 1.29 is 19.7 Å². The summed E-state index contributed by atoms with van der Waals surface area (Å²) >= 11 is 0. The first-order chi connectivity index (χ1) is 14.0. The van der Waals surface area contributed by atoms with Gasteiger partial charge in [0.2, 0.25) is 0 Å². The van der Waals surface area contributed by atoms with Gasteiger partial charge >= 0.3 is 0 Å². The van der Waals surface area contributed by atoms with Crippen LogP contribution in [0.15, 0.2) is 18.2 Å². The van der Waals surface area contributed by atoms with Gasteiger partial charge in [-0.1, -0.05) is 39.0 Å². The normalized spacial score (nSPS) is 24.6. The van der Waals surface area contributed by atoms with E-state index in [0.29, 0.717) is 43.8 Å². The third-order valence-electron chi connectivity index (χ3n) is 6.97. The van der Waals surface area contributed by atoms with Crippen molar-refractivity contribution in [3.05, 3.63) is 34.9 Å². The number of aliphatic hydroxyl groups excluding tert-OH is 2. The van der Waals surface area contributed by atoms with Gasteiger partial charge in [-0.3, -0.25) is 0 Å². The van der Waals surface area contributed by atoms with Gasteiger partial charge in [0.15, 0.2) is 0 Å². The Kier molecular flexibility index (Phi) is 5.76. The second-order valence-corrected chi connectivity index (χ2v) is 8.98. The van der Waals surface area contributed by atoms with Crippen LogP contribution >= 0.6 is 0 Å². The molecule has 0 spiro atoms. The van der Waals surface area contributed by atoms with Gasteiger partial charge in [-0.25, -0.2) is 0 Å². The lowest BCUT2D eigenvalue weighted by Gasteiger charge is -2.29. The van der Waals surface area contributed by atoms with Crippen molar-refractivity contribution in [1.29, 1.82) is 0 Å². The lowest BCUT2D eigenvalue weighted by Crippen LogP contribution is -2.20. The van der Waals surface area contributed by atoms with Crippen molar-refractivity contribution in [3.63, 3.8) is 0 Å². The van der Waals surface area contributed by atoms with Gasteiger partial charge in [0, 0.05) is 21.9 Å². The van der Waals surface area contributed by atoms with Gasteiger partial charge in [0.1, 0.15) is 24.7 Å². The molecule has 1 fully saturated rings. The Morgan fingerprint density at radius 1 is 0.966 bits per heavy atom. The summed E-state index contributed by atoms with van der Waals surface area (Å²) in [5.41, 5.74) is 3.73. The maximum absolute atomic E-state index is 10.1. The highest BCUT2D eigenvalue weighted by molar-refractivity contribution is 5.99. The molecule has 0 radical (unpaired) electrons. The Bertz CT molecular complexity index is 890. The predicted molar refractivity (Wildman–Crippen MR) is 116 cm³/mol. The fourth-order valence-corrected chi connectivity index (χ4v) is 5.24. The molecule has 2 N–H and O–H groups in total. The summed E-state index contributed by atoms with van der Waals surface area (Å²) < 4.78 is 12.6. The highest BCUT2D eigenvalue weighted by Gasteiger charge is 2.46. The Morgan fingerprint density at radius 2 is 1.62 bits per heavy atom. The average molecular weight is 399 g/mol. The molecule has 2 aromatic rings. The SMILES string of the molecule is CCC(O)COc1c2c(c(OCC(O)CC)c3c(C)cccc13)C1CC(C)C2C1. The van der Waals surface area contributed by atoms with Crippen LogP contribution in [0.3, 0.4) is 0 Å². The highest BCUT2D eigenvalue weighted by Crippen LogP contribution is 2.63. The van der Waals surface area contributed by atoms with E-state index in [1.165, 1.54) is 17.5 Å². The fourth-order valence-electron chi connectivity index (χ4n) is 5.24. The van der Waals surface area contributed by atoms with Crippen LogP contribution in [0, 0.1) is 12.8 Å². The smallest absolute Gasteiger partial charge is 0.131 e. The number of ether oxygens (including phenoxy) is 2. The highest BCUT2D eigenvalue weighted by atomic mass is 16.5. The molecule has 29 heavy (non-hydrogen) atoms. The molecule has 4 rings (SSSR count). The first-order valence-electron chi connectivity index (χ1n) is 11.2. The number of aliphatic hydroxyl groups is 2. The summed E-state index contributed by atoms with van der Waals surface area (Å²) in [6.45, 7) is 9.02. The summed E-state index contributed by atoms with van der Waals surface area (Å²) in [5, 5.41) is 22.4. The minimum atomic E-state index is -0.461. The number of aryl methyl sites for hydroxylation is 1. The molecule has 2 bridgehead atoms. The molecule has 0 aromatic heterocycles. The van der Waals surface area contributed by atoms with E-state index >= 15 is 0 Å². The van der Waals surface area contributed by atoms with Crippen LogP contribution in [0.1, 0.15) is 75.0 Å². The van der Waals surface area contributed by atoms with Crippen molar-refractivity contribution in [1.82, 2.24) is 0 Å². The number of rotatable bonds is 8. The van der Waals surface area contributed by atoms with Crippen LogP contribution in [0.5, 0.6) is 11.5 Å². The maximum atomic E-state index is 10.1. The Morgan fingerprint density at radius 3 is 2.28 bits per heavy atom. The van der Waals surface area contributed by atoms with Crippen LogP contribution in [0.4, 0.5) is 0 Å². The molecule has 0 amide bonds. The summed E-state index contributed by atoms with van der Waals surface area (Å²) in [6, 6.07) is 6.28. The van der Waals surface area contributed by atoms with Gasteiger partial charge in [-0.05, 0) is 55.9 Å². The van der Waals surface area contributed by atoms with E-state index in [-0.39, 0.29) is 0 Å². The Labute approximate surface area is 173 Å². The van der Waals surface area contributed by atoms with Crippen molar-refractivity contribution in [3.8, 4) is 11.5 Å². The number of benzene rings is 2. The topological polar surface area (TPSA) is 58.9 Å². The van der Waals surface area contributed by atoms with E-state index < -0.39 is 12.2 Å². The van der Waals surface area contributed by atoms with E-state index in [1.807, 2.05) is 13.8 Å². The van der Waals surface area contributed by atoms with Gasteiger partial charge in [0.25, 0.3) is 0 Å². The Balaban J connectivity index is 1.90. The van der Waals surface area contributed by atoms with E-state index in [1.54, 1.807) is 0 Å². The molecule has 4 nitrogen and oxygen atoms in total. The van der Waals surface area contributed by atoms with Crippen LogP contribution in [-0.4, -0.2) is 35.6 Å². The molecular formula is C25H34O4. The zero-order valence-corrected chi connectivity index (χ0v) is 18.1. The van der Waals surface area contributed by atoms with Gasteiger partial charge in [0.05, 0.1) is 12.2 Å². The van der Waals surface area contributed by atoms with Gasteiger partial charge in [-0.15, -0.1) is 0 Å². The van der Waals surface area contributed by atoms with E-state index in [0.717, 1.165) is 34.3 Å². The van der Waals surface area contributed by atoms with E-state index in [9.17, 15) is 10.2 Å². The molecule has 2 aliphatic rings. The predicted octanol–water partition coefficient (Wildman–Crippen LogP) is 5.06. The number of hydrogen-bond acceptors (Lipinski definition) is 4. The summed E-state index contributed by atoms with van der Waals surface area (Å²) in [6.07, 6.45) is 2.76. The monoisotopic (exact) mass is 398 g/mol. The van der Waals surface area contributed by atoms with E-state index in [2.05, 4.69) is 32.0 Å². The minimum absolute atomic E-state index is 0.312. The molecule has 2 aromatic carbocycles. The molecule has 158 valence electrons. The molecule has 5 unspecified atom stereocenters. The summed E-state index contributed by atoms with van der Waals surface area (Å²) in [4.78, 5) is 0. The second kappa shape index (κ2) is 8.16. The van der Waals surface area contributed by atoms with Crippen LogP contribution in [0.2, 0.25) is 0 Å². The minimum Gasteiger partial charge on any atom is -0.490 e. The van der Waals surface area contributed by atoms with Crippen molar-refractivity contribution in [2.24, 2.45) is 5.92 Å². The van der Waals surface area contributed by atoms with Crippen molar-refractivity contribution in [2.45, 2.75) is 77.4 Å². The quantitative estimate of drug-likeness (QED) is 0.653. The zero-order valence-electron chi connectivity index (χ0n) is 18.1. The standard InChI is InChI=1S/C25H34O4/c1-5-17(26)12-28-24-19-9-7-8-14(3)21(19)25(29-13-18(27)6-2)22-16-10-15(4)20(11-16)23(22)24/h7-9,15-18,20,26-27H,5-6,10-13H2,1-4H3. The molecule has 5 atom stereocenters. The first-order valence-corrected chi connectivity index (χ1v) is 11.2. The lowest BCUT2D eigenvalue weighted by molar-refractivity contribution is 0.102. The van der Waals surface area contributed by atoms with Gasteiger partial charge < -0.3 is 19.7 Å². The third kappa shape index (κ3) is 3.51. The molecule has 4 heteroatoms. The van der Waals surface area contributed by atoms with Crippen LogP contribution in [-0.2, 0) is 0 Å². The molecule has 2 aliphatic carbocycles. The maximum Gasteiger partial charge on any atom is 0.131 e. The first kappa shape index (κ1) is 20.5. The third-order valence-corrected chi connectivity index (χ3v) is 6.97. The summed E-state index contributed by atoms with van der Waals surface area (Å²) in [5.74, 6) is 3.48.